The fraction of sp³-hybridized carbons (Fsp3) is 0.0870. The maximum atomic E-state index is 12.9. The zero-order valence-electron chi connectivity index (χ0n) is 15.7. The Morgan fingerprint density at radius 2 is 1.93 bits per heavy atom. The molecule has 0 saturated carbocycles. The van der Waals surface area contributed by atoms with Crippen molar-refractivity contribution >= 4 is 34.5 Å². The molecule has 0 aliphatic rings. The number of rotatable bonds is 5. The van der Waals surface area contributed by atoms with Crippen molar-refractivity contribution in [1.82, 2.24) is 4.98 Å². The predicted molar refractivity (Wildman–Crippen MR) is 114 cm³/mol. The van der Waals surface area contributed by atoms with Gasteiger partial charge in [0.15, 0.2) is 11.5 Å². The SMILES string of the molecule is Cc1nc2ccc(NC(=O)c3ccccc3SCc3ccc(C#N)cc3)cc2o1. The van der Waals surface area contributed by atoms with Gasteiger partial charge in [-0.05, 0) is 42.0 Å². The molecule has 1 N–H and O–H groups in total. The fourth-order valence-electron chi connectivity index (χ4n) is 2.93. The van der Waals surface area contributed by atoms with E-state index >= 15 is 0 Å². The largest absolute Gasteiger partial charge is 0.441 e. The number of hydrogen-bond acceptors (Lipinski definition) is 5. The van der Waals surface area contributed by atoms with E-state index in [9.17, 15) is 4.79 Å². The van der Waals surface area contributed by atoms with E-state index in [-0.39, 0.29) is 5.91 Å². The number of carbonyl (C=O) groups is 1. The minimum Gasteiger partial charge on any atom is -0.441 e. The average molecular weight is 399 g/mol. The van der Waals surface area contributed by atoms with Crippen molar-refractivity contribution in [1.29, 1.82) is 5.26 Å². The number of nitrogens with zero attached hydrogens (tertiary/aromatic N) is 2. The number of aromatic nitrogens is 1. The smallest absolute Gasteiger partial charge is 0.256 e. The first-order valence-corrected chi connectivity index (χ1v) is 10.0. The highest BCUT2D eigenvalue weighted by Crippen LogP contribution is 2.28. The molecule has 0 saturated heterocycles. The molecule has 1 amide bonds. The standard InChI is InChI=1S/C23H17N3O2S/c1-15-25-20-11-10-18(12-21(20)28-15)26-23(27)19-4-2-3-5-22(19)29-14-17-8-6-16(13-24)7-9-17/h2-12H,14H2,1H3,(H,26,27). The number of aryl methyl sites for hydroxylation is 1. The van der Waals surface area contributed by atoms with Crippen LogP contribution in [0.3, 0.4) is 0 Å². The summed E-state index contributed by atoms with van der Waals surface area (Å²) in [5, 5.41) is 11.8. The summed E-state index contributed by atoms with van der Waals surface area (Å²) < 4.78 is 5.54. The summed E-state index contributed by atoms with van der Waals surface area (Å²) in [5.74, 6) is 1.12. The Balaban J connectivity index is 1.50. The monoisotopic (exact) mass is 399 g/mol. The van der Waals surface area contributed by atoms with E-state index in [1.165, 1.54) is 0 Å². The van der Waals surface area contributed by atoms with Crippen LogP contribution in [0.15, 0.2) is 76.0 Å². The van der Waals surface area contributed by atoms with Crippen LogP contribution in [0.5, 0.6) is 0 Å². The molecule has 0 radical (unpaired) electrons. The van der Waals surface area contributed by atoms with Gasteiger partial charge in [0, 0.05) is 29.3 Å². The van der Waals surface area contributed by atoms with Gasteiger partial charge in [-0.2, -0.15) is 5.26 Å². The van der Waals surface area contributed by atoms with Crippen LogP contribution in [-0.4, -0.2) is 10.9 Å². The summed E-state index contributed by atoms with van der Waals surface area (Å²) in [6, 6.07) is 22.5. The van der Waals surface area contributed by atoms with Crippen molar-refractivity contribution in [2.75, 3.05) is 5.32 Å². The van der Waals surface area contributed by atoms with Crippen molar-refractivity contribution in [3.8, 4) is 6.07 Å². The third kappa shape index (κ3) is 4.31. The van der Waals surface area contributed by atoms with Crippen LogP contribution in [0.1, 0.15) is 27.4 Å². The molecule has 0 bridgehead atoms. The summed E-state index contributed by atoms with van der Waals surface area (Å²) in [4.78, 5) is 18.0. The maximum absolute atomic E-state index is 12.9. The third-order valence-electron chi connectivity index (χ3n) is 4.36. The van der Waals surface area contributed by atoms with E-state index in [0.717, 1.165) is 16.0 Å². The lowest BCUT2D eigenvalue weighted by atomic mass is 10.2. The number of hydrogen-bond donors (Lipinski definition) is 1. The Morgan fingerprint density at radius 1 is 1.14 bits per heavy atom. The van der Waals surface area contributed by atoms with Crippen LogP contribution >= 0.6 is 11.8 Å². The number of benzene rings is 3. The summed E-state index contributed by atoms with van der Waals surface area (Å²) in [6.07, 6.45) is 0. The molecule has 4 rings (SSSR count). The molecule has 0 spiro atoms. The van der Waals surface area contributed by atoms with Gasteiger partial charge in [0.05, 0.1) is 17.2 Å². The molecular weight excluding hydrogens is 382 g/mol. The number of nitriles is 1. The number of thioether (sulfide) groups is 1. The lowest BCUT2D eigenvalue weighted by Gasteiger charge is -2.10. The van der Waals surface area contributed by atoms with E-state index in [2.05, 4.69) is 16.4 Å². The van der Waals surface area contributed by atoms with Crippen molar-refractivity contribution in [2.45, 2.75) is 17.6 Å². The quantitative estimate of drug-likeness (QED) is 0.445. The predicted octanol–water partition coefficient (Wildman–Crippen LogP) is 5.55. The molecule has 0 unspecified atom stereocenters. The highest BCUT2D eigenvalue weighted by atomic mass is 32.2. The first-order valence-electron chi connectivity index (χ1n) is 9.02. The molecule has 0 fully saturated rings. The van der Waals surface area contributed by atoms with E-state index < -0.39 is 0 Å². The molecule has 1 aromatic heterocycles. The summed E-state index contributed by atoms with van der Waals surface area (Å²) >= 11 is 1.59. The highest BCUT2D eigenvalue weighted by Gasteiger charge is 2.13. The van der Waals surface area contributed by atoms with E-state index in [0.29, 0.717) is 34.0 Å². The molecule has 29 heavy (non-hydrogen) atoms. The molecule has 0 aliphatic carbocycles. The molecule has 1 heterocycles. The molecule has 142 valence electrons. The number of nitrogens with one attached hydrogen (secondary N) is 1. The van der Waals surface area contributed by atoms with E-state index in [4.69, 9.17) is 9.68 Å². The molecule has 4 aromatic rings. The average Bonchev–Trinajstić information content (AvgIpc) is 3.12. The van der Waals surface area contributed by atoms with Crippen LogP contribution in [0.25, 0.3) is 11.1 Å². The van der Waals surface area contributed by atoms with Gasteiger partial charge in [-0.25, -0.2) is 4.98 Å². The Labute approximate surface area is 172 Å². The van der Waals surface area contributed by atoms with Crippen molar-refractivity contribution < 1.29 is 9.21 Å². The first-order chi connectivity index (χ1) is 14.1. The third-order valence-corrected chi connectivity index (χ3v) is 5.51. The van der Waals surface area contributed by atoms with Crippen molar-refractivity contribution in [3.63, 3.8) is 0 Å². The van der Waals surface area contributed by atoms with E-state index in [1.807, 2.05) is 48.5 Å². The number of amides is 1. The van der Waals surface area contributed by atoms with Crippen molar-refractivity contribution in [2.24, 2.45) is 0 Å². The van der Waals surface area contributed by atoms with Crippen LogP contribution in [0, 0.1) is 18.3 Å². The minimum atomic E-state index is -0.177. The summed E-state index contributed by atoms with van der Waals surface area (Å²) in [7, 11) is 0. The number of fused-ring (bicyclic) bond motifs is 1. The Kier molecular flexibility index (Phi) is 5.32. The van der Waals surface area contributed by atoms with Gasteiger partial charge in [0.1, 0.15) is 5.52 Å². The Bertz CT molecular complexity index is 1220. The van der Waals surface area contributed by atoms with Crippen molar-refractivity contribution in [3.05, 3.63) is 89.3 Å². The topological polar surface area (TPSA) is 78.9 Å². The lowest BCUT2D eigenvalue weighted by Crippen LogP contribution is -2.12. The zero-order chi connectivity index (χ0) is 20.2. The lowest BCUT2D eigenvalue weighted by molar-refractivity contribution is 0.102. The first kappa shape index (κ1) is 18.8. The van der Waals surface area contributed by atoms with Crippen LogP contribution in [0.4, 0.5) is 5.69 Å². The summed E-state index contributed by atoms with van der Waals surface area (Å²) in [6.45, 7) is 1.79. The van der Waals surface area contributed by atoms with Gasteiger partial charge in [0.25, 0.3) is 5.91 Å². The van der Waals surface area contributed by atoms with Gasteiger partial charge in [-0.3, -0.25) is 4.79 Å². The normalized spacial score (nSPS) is 10.6. The van der Waals surface area contributed by atoms with Gasteiger partial charge in [-0.1, -0.05) is 24.3 Å². The van der Waals surface area contributed by atoms with Gasteiger partial charge in [-0.15, -0.1) is 11.8 Å². The second-order valence-electron chi connectivity index (χ2n) is 6.46. The summed E-state index contributed by atoms with van der Waals surface area (Å²) in [5.41, 5.74) is 4.40. The highest BCUT2D eigenvalue weighted by molar-refractivity contribution is 7.98. The molecular formula is C23H17N3O2S. The number of carbonyl (C=O) groups excluding carboxylic acids is 1. The molecule has 0 atom stereocenters. The molecule has 0 aliphatic heterocycles. The Morgan fingerprint density at radius 3 is 2.72 bits per heavy atom. The second kappa shape index (κ2) is 8.21. The fourth-order valence-corrected chi connectivity index (χ4v) is 3.94. The van der Waals surface area contributed by atoms with E-state index in [1.54, 1.807) is 36.9 Å². The second-order valence-corrected chi connectivity index (χ2v) is 7.48. The van der Waals surface area contributed by atoms with Crippen LogP contribution in [-0.2, 0) is 5.75 Å². The number of anilines is 1. The molecule has 6 heteroatoms. The Hall–Kier alpha value is -3.56. The molecule has 3 aromatic carbocycles. The zero-order valence-corrected chi connectivity index (χ0v) is 16.5. The molecule has 5 nitrogen and oxygen atoms in total. The number of oxazole rings is 1. The van der Waals surface area contributed by atoms with Crippen LogP contribution < -0.4 is 5.32 Å². The van der Waals surface area contributed by atoms with Crippen LogP contribution in [0.2, 0.25) is 0 Å². The minimum absolute atomic E-state index is 0.177. The maximum Gasteiger partial charge on any atom is 0.256 e. The van der Waals surface area contributed by atoms with Gasteiger partial charge < -0.3 is 9.73 Å². The van der Waals surface area contributed by atoms with Gasteiger partial charge >= 0.3 is 0 Å². The van der Waals surface area contributed by atoms with Gasteiger partial charge in [0.2, 0.25) is 0 Å².